The Bertz CT molecular complexity index is 1270. The molecule has 3 aromatic carbocycles. The van der Waals surface area contributed by atoms with Crippen LogP contribution in [0.1, 0.15) is 23.6 Å². The Labute approximate surface area is 211 Å². The number of anilines is 1. The Morgan fingerprint density at radius 1 is 1.03 bits per heavy atom. The van der Waals surface area contributed by atoms with Crippen LogP contribution in [0, 0.1) is 6.92 Å². The number of urea groups is 1. The zero-order valence-corrected chi connectivity index (χ0v) is 20.9. The van der Waals surface area contributed by atoms with Crippen molar-refractivity contribution in [2.75, 3.05) is 11.5 Å². The molecule has 1 aliphatic heterocycles. The van der Waals surface area contributed by atoms with E-state index in [4.69, 9.17) is 21.1 Å². The molecule has 0 atom stereocenters. The molecule has 1 saturated heterocycles. The molecule has 8 heteroatoms. The van der Waals surface area contributed by atoms with E-state index in [1.807, 2.05) is 38.1 Å². The van der Waals surface area contributed by atoms with Crippen molar-refractivity contribution < 1.29 is 19.1 Å². The fourth-order valence-electron chi connectivity index (χ4n) is 3.43. The van der Waals surface area contributed by atoms with Gasteiger partial charge in [0.05, 0.1) is 12.3 Å². The van der Waals surface area contributed by atoms with Crippen LogP contribution >= 0.6 is 27.5 Å². The molecular weight excluding hydrogens is 520 g/mol. The van der Waals surface area contributed by atoms with Gasteiger partial charge in [0.2, 0.25) is 0 Å². The summed E-state index contributed by atoms with van der Waals surface area (Å²) in [5, 5.41) is 3.06. The van der Waals surface area contributed by atoms with Gasteiger partial charge >= 0.3 is 6.03 Å². The summed E-state index contributed by atoms with van der Waals surface area (Å²) in [7, 11) is 0. The fourth-order valence-corrected chi connectivity index (χ4v) is 4.05. The highest BCUT2D eigenvalue weighted by atomic mass is 79.9. The van der Waals surface area contributed by atoms with Crippen LogP contribution in [0.3, 0.4) is 0 Å². The van der Waals surface area contributed by atoms with Gasteiger partial charge in [0.1, 0.15) is 12.3 Å². The second kappa shape index (κ2) is 10.3. The van der Waals surface area contributed by atoms with Crippen LogP contribution in [0.5, 0.6) is 11.5 Å². The maximum Gasteiger partial charge on any atom is 0.333 e. The second-order valence-corrected chi connectivity index (χ2v) is 8.93. The summed E-state index contributed by atoms with van der Waals surface area (Å²) in [6, 6.07) is 17.7. The number of nitrogens with one attached hydrogen (secondary N) is 1. The smallest absolute Gasteiger partial charge is 0.333 e. The predicted octanol–water partition coefficient (Wildman–Crippen LogP) is 6.49. The highest BCUT2D eigenvalue weighted by molar-refractivity contribution is 9.10. The summed E-state index contributed by atoms with van der Waals surface area (Å²) >= 11 is 9.57. The van der Waals surface area contributed by atoms with Crippen molar-refractivity contribution in [1.29, 1.82) is 0 Å². The molecule has 3 aromatic rings. The Balaban J connectivity index is 1.60. The Morgan fingerprint density at radius 3 is 2.47 bits per heavy atom. The molecule has 0 spiro atoms. The largest absolute Gasteiger partial charge is 0.490 e. The number of nitrogens with zero attached hydrogens (tertiary/aromatic N) is 1. The van der Waals surface area contributed by atoms with E-state index < -0.39 is 11.9 Å². The number of benzene rings is 3. The molecule has 1 heterocycles. The van der Waals surface area contributed by atoms with Gasteiger partial charge in [-0.25, -0.2) is 9.69 Å². The Hall–Kier alpha value is -3.29. The van der Waals surface area contributed by atoms with Crippen LogP contribution in [-0.2, 0) is 11.4 Å². The van der Waals surface area contributed by atoms with E-state index >= 15 is 0 Å². The molecule has 34 heavy (non-hydrogen) atoms. The van der Waals surface area contributed by atoms with Crippen molar-refractivity contribution in [1.82, 2.24) is 5.32 Å². The standard InChI is InChI=1S/C26H22BrClN2O4/c1-3-33-23-12-18(21(27)14-24(23)34-15-17-9-7-16(2)8-10-17)11-22-25(31)30(26(32)29-22)20-6-4-5-19(28)13-20/h4-14H,3,15H2,1-2H3,(H,29,32)/b22-11+. The molecule has 0 radical (unpaired) electrons. The third-order valence-corrected chi connectivity index (χ3v) is 6.04. The van der Waals surface area contributed by atoms with Crippen molar-refractivity contribution in [3.8, 4) is 11.5 Å². The number of aryl methyl sites for hydroxylation is 1. The Kier molecular flexibility index (Phi) is 7.24. The minimum atomic E-state index is -0.544. The third kappa shape index (κ3) is 5.26. The Morgan fingerprint density at radius 2 is 1.76 bits per heavy atom. The van der Waals surface area contributed by atoms with Gasteiger partial charge < -0.3 is 14.8 Å². The highest BCUT2D eigenvalue weighted by Gasteiger charge is 2.35. The molecule has 1 N–H and O–H groups in total. The van der Waals surface area contributed by atoms with Crippen LogP contribution in [0.15, 0.2) is 70.8 Å². The number of hydrogen-bond acceptors (Lipinski definition) is 4. The average molecular weight is 542 g/mol. The minimum Gasteiger partial charge on any atom is -0.490 e. The average Bonchev–Trinajstić information content (AvgIpc) is 3.08. The van der Waals surface area contributed by atoms with Gasteiger partial charge in [-0.2, -0.15) is 0 Å². The molecule has 0 saturated carbocycles. The molecule has 1 fully saturated rings. The molecular formula is C26H22BrClN2O4. The van der Waals surface area contributed by atoms with Gasteiger partial charge in [-0.3, -0.25) is 4.79 Å². The maximum absolute atomic E-state index is 13.0. The predicted molar refractivity (Wildman–Crippen MR) is 136 cm³/mol. The van der Waals surface area contributed by atoms with E-state index in [2.05, 4.69) is 21.2 Å². The number of amides is 3. The monoisotopic (exact) mass is 540 g/mol. The van der Waals surface area contributed by atoms with Crippen LogP contribution in [0.2, 0.25) is 5.02 Å². The van der Waals surface area contributed by atoms with Crippen molar-refractivity contribution in [3.63, 3.8) is 0 Å². The van der Waals surface area contributed by atoms with Gasteiger partial charge in [-0.15, -0.1) is 0 Å². The van der Waals surface area contributed by atoms with Gasteiger partial charge in [0.25, 0.3) is 5.91 Å². The minimum absolute atomic E-state index is 0.140. The summed E-state index contributed by atoms with van der Waals surface area (Å²) < 4.78 is 12.5. The van der Waals surface area contributed by atoms with Crippen LogP contribution in [0.4, 0.5) is 10.5 Å². The number of ether oxygens (including phenoxy) is 2. The molecule has 174 valence electrons. The van der Waals surface area contributed by atoms with Crippen molar-refractivity contribution in [2.24, 2.45) is 0 Å². The van der Waals surface area contributed by atoms with Crippen LogP contribution in [-0.4, -0.2) is 18.5 Å². The number of carbonyl (C=O) groups excluding carboxylic acids is 2. The number of imide groups is 1. The van der Waals surface area contributed by atoms with Crippen LogP contribution < -0.4 is 19.7 Å². The summed E-state index contributed by atoms with van der Waals surface area (Å²) in [5.41, 5.74) is 3.41. The lowest BCUT2D eigenvalue weighted by Gasteiger charge is -2.14. The maximum atomic E-state index is 13.0. The van der Waals surface area contributed by atoms with E-state index in [-0.39, 0.29) is 5.70 Å². The molecule has 0 unspecified atom stereocenters. The van der Waals surface area contributed by atoms with Crippen molar-refractivity contribution in [3.05, 3.63) is 92.5 Å². The normalized spacial score (nSPS) is 14.5. The van der Waals surface area contributed by atoms with E-state index in [9.17, 15) is 9.59 Å². The molecule has 4 rings (SSSR count). The number of halogens is 2. The molecule has 6 nitrogen and oxygen atoms in total. The van der Waals surface area contributed by atoms with E-state index in [0.717, 1.165) is 10.5 Å². The lowest BCUT2D eigenvalue weighted by Crippen LogP contribution is -2.30. The zero-order valence-electron chi connectivity index (χ0n) is 18.6. The summed E-state index contributed by atoms with van der Waals surface area (Å²) in [4.78, 5) is 26.5. The first-order valence-electron chi connectivity index (χ1n) is 10.6. The highest BCUT2D eigenvalue weighted by Crippen LogP contribution is 2.36. The first-order chi connectivity index (χ1) is 16.4. The van der Waals surface area contributed by atoms with Crippen molar-refractivity contribution in [2.45, 2.75) is 20.5 Å². The van der Waals surface area contributed by atoms with Gasteiger partial charge in [0.15, 0.2) is 11.5 Å². The molecule has 0 aromatic heterocycles. The quantitative estimate of drug-likeness (QED) is 0.274. The van der Waals surface area contributed by atoms with Gasteiger partial charge in [-0.05, 0) is 61.4 Å². The topological polar surface area (TPSA) is 67.9 Å². The van der Waals surface area contributed by atoms with E-state index in [0.29, 0.717) is 45.5 Å². The van der Waals surface area contributed by atoms with Gasteiger partial charge in [0, 0.05) is 9.50 Å². The van der Waals surface area contributed by atoms with E-state index in [1.165, 1.54) is 5.56 Å². The number of hydrogen-bond donors (Lipinski definition) is 1. The lowest BCUT2D eigenvalue weighted by atomic mass is 10.1. The summed E-state index contributed by atoms with van der Waals surface area (Å²) in [6.07, 6.45) is 1.60. The first-order valence-corrected chi connectivity index (χ1v) is 11.8. The molecule has 3 amide bonds. The molecule has 0 aliphatic carbocycles. The van der Waals surface area contributed by atoms with Crippen LogP contribution in [0.25, 0.3) is 6.08 Å². The van der Waals surface area contributed by atoms with Crippen molar-refractivity contribution >= 4 is 51.2 Å². The summed E-state index contributed by atoms with van der Waals surface area (Å²) in [6.45, 7) is 4.74. The zero-order chi connectivity index (χ0) is 24.2. The SMILES string of the molecule is CCOc1cc(/C=C2/NC(=O)N(c3cccc(Cl)c3)C2=O)c(Br)cc1OCc1ccc(C)cc1. The second-order valence-electron chi connectivity index (χ2n) is 7.64. The van der Waals surface area contributed by atoms with Gasteiger partial charge in [-0.1, -0.05) is 63.4 Å². The van der Waals surface area contributed by atoms with E-state index in [1.54, 1.807) is 42.5 Å². The third-order valence-electron chi connectivity index (χ3n) is 5.12. The fraction of sp³-hybridized carbons (Fsp3) is 0.154. The lowest BCUT2D eigenvalue weighted by molar-refractivity contribution is -0.113. The molecule has 0 bridgehead atoms. The molecule has 1 aliphatic rings. The summed E-state index contributed by atoms with van der Waals surface area (Å²) in [5.74, 6) is 0.628. The number of carbonyl (C=O) groups is 2. The number of rotatable bonds is 7. The first kappa shape index (κ1) is 23.9.